The Labute approximate surface area is 126 Å². The topological polar surface area (TPSA) is 62.2 Å². The molecule has 0 saturated carbocycles. The van der Waals surface area contributed by atoms with E-state index in [2.05, 4.69) is 10.3 Å². The number of hydrogen-bond donors (Lipinski definition) is 2. The number of carboxylic acid groups (broad SMARTS) is 1. The molecular weight excluding hydrogens is 284 g/mol. The van der Waals surface area contributed by atoms with Gasteiger partial charge in [-0.05, 0) is 30.0 Å². The molecule has 0 spiro atoms. The summed E-state index contributed by atoms with van der Waals surface area (Å²) in [6.07, 6.45) is 1.69. The summed E-state index contributed by atoms with van der Waals surface area (Å²) in [6.45, 7) is 1.65. The number of fused-ring (bicyclic) bond motifs is 1. The van der Waals surface area contributed by atoms with E-state index < -0.39 is 11.5 Å². The molecule has 0 saturated heterocycles. The first-order valence-electron chi connectivity index (χ1n) is 6.50. The lowest BCUT2D eigenvalue weighted by atomic mass is 9.92. The average Bonchev–Trinajstić information content (AvgIpc) is 2.97. The van der Waals surface area contributed by atoms with Crippen molar-refractivity contribution in [2.75, 3.05) is 5.32 Å². The Bertz CT molecular complexity index is 785. The first-order chi connectivity index (χ1) is 10.1. The Hall–Kier alpha value is -2.40. The van der Waals surface area contributed by atoms with Gasteiger partial charge in [0.15, 0.2) is 5.54 Å². The molecule has 1 unspecified atom stereocenters. The number of anilines is 1. The highest BCUT2D eigenvalue weighted by atomic mass is 32.1. The van der Waals surface area contributed by atoms with E-state index in [0.29, 0.717) is 11.4 Å². The fourth-order valence-corrected chi connectivity index (χ4v) is 3.03. The summed E-state index contributed by atoms with van der Waals surface area (Å²) in [5, 5.41) is 15.7. The van der Waals surface area contributed by atoms with Gasteiger partial charge in [-0.2, -0.15) is 0 Å². The molecule has 0 aliphatic heterocycles. The molecule has 2 heterocycles. The van der Waals surface area contributed by atoms with Crippen molar-refractivity contribution in [1.82, 2.24) is 4.98 Å². The van der Waals surface area contributed by atoms with Crippen LogP contribution in [-0.2, 0) is 10.3 Å². The Morgan fingerprint density at radius 1 is 1.24 bits per heavy atom. The number of hydrogen-bond acceptors (Lipinski definition) is 4. The van der Waals surface area contributed by atoms with Gasteiger partial charge in [0.1, 0.15) is 5.82 Å². The van der Waals surface area contributed by atoms with Crippen LogP contribution in [0.3, 0.4) is 0 Å². The second kappa shape index (κ2) is 5.18. The molecule has 0 aliphatic carbocycles. The first-order valence-corrected chi connectivity index (χ1v) is 7.38. The van der Waals surface area contributed by atoms with Gasteiger partial charge in [0.05, 0.1) is 0 Å². The summed E-state index contributed by atoms with van der Waals surface area (Å²) >= 11 is 1.60. The van der Waals surface area contributed by atoms with Crippen molar-refractivity contribution in [3.8, 4) is 0 Å². The van der Waals surface area contributed by atoms with Gasteiger partial charge in [-0.3, -0.25) is 0 Å². The van der Waals surface area contributed by atoms with Gasteiger partial charge < -0.3 is 10.4 Å². The van der Waals surface area contributed by atoms with Crippen LogP contribution in [0.2, 0.25) is 0 Å². The fourth-order valence-electron chi connectivity index (χ4n) is 2.25. The molecule has 1 aromatic carbocycles. The summed E-state index contributed by atoms with van der Waals surface area (Å²) < 4.78 is 1.08. The minimum absolute atomic E-state index is 0.586. The first kappa shape index (κ1) is 13.6. The number of pyridine rings is 1. The molecule has 3 aromatic rings. The lowest BCUT2D eigenvalue weighted by Gasteiger charge is -2.27. The minimum atomic E-state index is -1.23. The molecule has 0 fully saturated rings. The van der Waals surface area contributed by atoms with Gasteiger partial charge in [-0.25, -0.2) is 9.78 Å². The van der Waals surface area contributed by atoms with Crippen molar-refractivity contribution in [2.45, 2.75) is 12.5 Å². The second-order valence-corrected chi connectivity index (χ2v) is 5.86. The van der Waals surface area contributed by atoms with Crippen LogP contribution in [0, 0.1) is 0 Å². The maximum absolute atomic E-state index is 11.8. The number of nitrogens with one attached hydrogen (secondary N) is 1. The van der Waals surface area contributed by atoms with Crippen molar-refractivity contribution in [1.29, 1.82) is 0 Å². The number of benzene rings is 1. The molecule has 21 heavy (non-hydrogen) atoms. The maximum atomic E-state index is 11.8. The summed E-state index contributed by atoms with van der Waals surface area (Å²) in [7, 11) is 0. The van der Waals surface area contributed by atoms with E-state index in [-0.39, 0.29) is 0 Å². The van der Waals surface area contributed by atoms with Crippen molar-refractivity contribution < 1.29 is 9.90 Å². The molecule has 0 amide bonds. The van der Waals surface area contributed by atoms with Gasteiger partial charge in [0.2, 0.25) is 0 Å². The van der Waals surface area contributed by atoms with Crippen LogP contribution >= 0.6 is 11.3 Å². The van der Waals surface area contributed by atoms with Crippen LogP contribution in [0.5, 0.6) is 0 Å². The van der Waals surface area contributed by atoms with Gasteiger partial charge in [-0.1, -0.05) is 30.3 Å². The van der Waals surface area contributed by atoms with Crippen molar-refractivity contribution in [3.63, 3.8) is 0 Å². The summed E-state index contributed by atoms with van der Waals surface area (Å²) in [5.41, 5.74) is -0.545. The number of aromatic nitrogens is 1. The highest BCUT2D eigenvalue weighted by molar-refractivity contribution is 7.17. The quantitative estimate of drug-likeness (QED) is 0.771. The molecular formula is C16H14N2O2S. The largest absolute Gasteiger partial charge is 0.479 e. The van der Waals surface area contributed by atoms with Crippen LogP contribution in [0.25, 0.3) is 10.1 Å². The van der Waals surface area contributed by atoms with Crippen molar-refractivity contribution >= 4 is 33.2 Å². The highest BCUT2D eigenvalue weighted by Gasteiger charge is 2.35. The van der Waals surface area contributed by atoms with Crippen LogP contribution in [0.15, 0.2) is 54.0 Å². The van der Waals surface area contributed by atoms with E-state index in [1.165, 1.54) is 0 Å². The molecule has 106 valence electrons. The number of thiophene rings is 1. The van der Waals surface area contributed by atoms with Crippen LogP contribution < -0.4 is 5.32 Å². The van der Waals surface area contributed by atoms with Crippen LogP contribution in [0.1, 0.15) is 12.5 Å². The van der Waals surface area contributed by atoms with Crippen molar-refractivity contribution in [3.05, 3.63) is 59.6 Å². The third kappa shape index (κ3) is 2.36. The zero-order valence-corrected chi connectivity index (χ0v) is 12.2. The molecule has 0 bridgehead atoms. The molecule has 0 radical (unpaired) electrons. The average molecular weight is 298 g/mol. The van der Waals surface area contributed by atoms with E-state index in [1.807, 2.05) is 35.7 Å². The van der Waals surface area contributed by atoms with E-state index >= 15 is 0 Å². The molecule has 1 atom stereocenters. The van der Waals surface area contributed by atoms with E-state index in [0.717, 1.165) is 10.1 Å². The smallest absolute Gasteiger partial charge is 0.333 e. The Morgan fingerprint density at radius 3 is 2.71 bits per heavy atom. The SMILES string of the molecule is CC(Nc1nccc2sccc12)(C(=O)O)c1ccccc1. The Morgan fingerprint density at radius 2 is 2.00 bits per heavy atom. The predicted molar refractivity (Wildman–Crippen MR) is 84.7 cm³/mol. The number of rotatable bonds is 4. The number of nitrogens with zero attached hydrogens (tertiary/aromatic N) is 1. The van der Waals surface area contributed by atoms with Crippen LogP contribution in [0.4, 0.5) is 5.82 Å². The van der Waals surface area contributed by atoms with Crippen LogP contribution in [-0.4, -0.2) is 16.1 Å². The second-order valence-electron chi connectivity index (χ2n) is 4.91. The third-order valence-electron chi connectivity index (χ3n) is 3.53. The Kier molecular flexibility index (Phi) is 3.35. The third-order valence-corrected chi connectivity index (χ3v) is 4.41. The number of carbonyl (C=O) groups is 1. The molecule has 0 aliphatic rings. The normalized spacial score (nSPS) is 13.8. The van der Waals surface area contributed by atoms with Crippen molar-refractivity contribution in [2.24, 2.45) is 0 Å². The van der Waals surface area contributed by atoms with Gasteiger partial charge in [0, 0.05) is 16.3 Å². The summed E-state index contributed by atoms with van der Waals surface area (Å²) in [5.74, 6) is -0.356. The molecule has 3 rings (SSSR count). The predicted octanol–water partition coefficient (Wildman–Crippen LogP) is 3.71. The summed E-state index contributed by atoms with van der Waals surface area (Å²) in [4.78, 5) is 16.1. The maximum Gasteiger partial charge on any atom is 0.333 e. The number of aliphatic carboxylic acids is 1. The summed E-state index contributed by atoms with van der Waals surface area (Å²) in [6, 6.07) is 13.0. The molecule has 2 aromatic heterocycles. The lowest BCUT2D eigenvalue weighted by molar-refractivity contribution is -0.142. The van der Waals surface area contributed by atoms with Gasteiger partial charge in [0.25, 0.3) is 0 Å². The van der Waals surface area contributed by atoms with E-state index in [9.17, 15) is 9.90 Å². The fraction of sp³-hybridized carbons (Fsp3) is 0.125. The number of carboxylic acids is 1. The van der Waals surface area contributed by atoms with Gasteiger partial charge in [-0.15, -0.1) is 11.3 Å². The lowest BCUT2D eigenvalue weighted by Crippen LogP contribution is -2.40. The van der Waals surface area contributed by atoms with E-state index in [4.69, 9.17) is 0 Å². The highest BCUT2D eigenvalue weighted by Crippen LogP contribution is 2.31. The standard InChI is InChI=1S/C16H14N2O2S/c1-16(15(19)20,11-5-3-2-4-6-11)18-14-12-8-10-21-13(12)7-9-17-14/h2-10H,1H3,(H,17,18)(H,19,20). The van der Waals surface area contributed by atoms with Gasteiger partial charge >= 0.3 is 5.97 Å². The Balaban J connectivity index is 2.08. The zero-order chi connectivity index (χ0) is 14.9. The minimum Gasteiger partial charge on any atom is -0.479 e. The monoisotopic (exact) mass is 298 g/mol. The molecule has 5 heteroatoms. The van der Waals surface area contributed by atoms with E-state index in [1.54, 1.807) is 36.6 Å². The zero-order valence-electron chi connectivity index (χ0n) is 11.4. The molecule has 2 N–H and O–H groups in total. The molecule has 4 nitrogen and oxygen atoms in total.